The number of nitrogens with zero attached hydrogens (tertiary/aromatic N) is 2. The van der Waals surface area contributed by atoms with Crippen molar-refractivity contribution in [3.8, 4) is 5.00 Å². The van der Waals surface area contributed by atoms with Gasteiger partial charge < -0.3 is 14.2 Å². The van der Waals surface area contributed by atoms with Crippen LogP contribution in [0.5, 0.6) is 0 Å². The molecule has 0 saturated carbocycles. The number of rotatable bonds is 6. The fraction of sp³-hybridized carbons (Fsp3) is 0.474. The van der Waals surface area contributed by atoms with E-state index in [0.717, 1.165) is 29.8 Å². The van der Waals surface area contributed by atoms with Gasteiger partial charge in [-0.05, 0) is 49.8 Å². The van der Waals surface area contributed by atoms with Crippen LogP contribution in [0.4, 0.5) is 0 Å². The van der Waals surface area contributed by atoms with E-state index in [4.69, 9.17) is 0 Å². The fourth-order valence-corrected chi connectivity index (χ4v) is 4.63. The highest BCUT2D eigenvalue weighted by molar-refractivity contribution is 7.15. The number of carbonyl (C=O) groups excluding carboxylic acids is 2. The summed E-state index contributed by atoms with van der Waals surface area (Å²) >= 11 is 1.74. The van der Waals surface area contributed by atoms with Gasteiger partial charge in [-0.2, -0.15) is 0 Å². The highest BCUT2D eigenvalue weighted by Crippen LogP contribution is 2.37. The zero-order chi connectivity index (χ0) is 17.8. The molecule has 1 amide bonds. The number of hydrogen-bond donors (Lipinski definition) is 0. The molecule has 0 radical (unpaired) electrons. The molecule has 2 aromatic rings. The van der Waals surface area contributed by atoms with Crippen LogP contribution in [0.1, 0.15) is 46.5 Å². The predicted molar refractivity (Wildman–Crippen MR) is 98.5 cm³/mol. The van der Waals surface area contributed by atoms with Crippen LogP contribution >= 0.6 is 11.3 Å². The summed E-state index contributed by atoms with van der Waals surface area (Å²) in [5.41, 5.74) is 2.07. The number of ether oxygens (including phenoxy) is 1. The molecular weight excluding hydrogens is 336 g/mol. The summed E-state index contributed by atoms with van der Waals surface area (Å²) in [6.45, 7) is 0.545. The molecule has 1 aliphatic rings. The van der Waals surface area contributed by atoms with Gasteiger partial charge in [-0.25, -0.2) is 0 Å². The Morgan fingerprint density at radius 1 is 1.24 bits per heavy atom. The number of esters is 1. The molecule has 0 aliphatic heterocycles. The minimum absolute atomic E-state index is 0.0490. The Morgan fingerprint density at radius 2 is 1.96 bits per heavy atom. The maximum Gasteiger partial charge on any atom is 0.305 e. The monoisotopic (exact) mass is 360 g/mol. The zero-order valence-electron chi connectivity index (χ0n) is 14.8. The van der Waals surface area contributed by atoms with Crippen molar-refractivity contribution in [2.45, 2.75) is 38.5 Å². The van der Waals surface area contributed by atoms with Crippen LogP contribution in [0.2, 0.25) is 0 Å². The van der Waals surface area contributed by atoms with Crippen molar-refractivity contribution in [1.29, 1.82) is 0 Å². The van der Waals surface area contributed by atoms with Crippen LogP contribution < -0.4 is 0 Å². The molecule has 25 heavy (non-hydrogen) atoms. The van der Waals surface area contributed by atoms with Gasteiger partial charge >= 0.3 is 5.97 Å². The summed E-state index contributed by atoms with van der Waals surface area (Å²) in [7, 11) is 3.20. The van der Waals surface area contributed by atoms with Gasteiger partial charge in [0.25, 0.3) is 5.91 Å². The van der Waals surface area contributed by atoms with Crippen molar-refractivity contribution >= 4 is 23.2 Å². The summed E-state index contributed by atoms with van der Waals surface area (Å²) in [5, 5.41) is 1.02. The summed E-state index contributed by atoms with van der Waals surface area (Å²) in [4.78, 5) is 27.5. The second-order valence-corrected chi connectivity index (χ2v) is 7.47. The molecule has 0 atom stereocenters. The zero-order valence-corrected chi connectivity index (χ0v) is 15.6. The first-order valence-corrected chi connectivity index (χ1v) is 9.53. The van der Waals surface area contributed by atoms with Gasteiger partial charge in [-0.3, -0.25) is 9.59 Å². The van der Waals surface area contributed by atoms with E-state index in [-0.39, 0.29) is 11.9 Å². The maximum absolute atomic E-state index is 13.1. The third-order valence-electron chi connectivity index (χ3n) is 4.65. The average Bonchev–Trinajstić information content (AvgIpc) is 3.27. The number of methoxy groups -OCH3 is 1. The third-order valence-corrected chi connectivity index (χ3v) is 5.96. The second kappa shape index (κ2) is 7.87. The largest absolute Gasteiger partial charge is 0.469 e. The molecule has 6 heteroatoms. The van der Waals surface area contributed by atoms with Crippen molar-refractivity contribution in [1.82, 2.24) is 9.47 Å². The smallest absolute Gasteiger partial charge is 0.305 e. The van der Waals surface area contributed by atoms with Gasteiger partial charge in [-0.1, -0.05) is 0 Å². The molecule has 0 saturated heterocycles. The number of carbonyl (C=O) groups is 2. The molecule has 0 unspecified atom stereocenters. The van der Waals surface area contributed by atoms with Gasteiger partial charge in [0.2, 0.25) is 0 Å². The van der Waals surface area contributed by atoms with Gasteiger partial charge in [0.05, 0.1) is 12.7 Å². The molecule has 0 spiro atoms. The first-order valence-electron chi connectivity index (χ1n) is 8.72. The quantitative estimate of drug-likeness (QED) is 0.742. The fourth-order valence-electron chi connectivity index (χ4n) is 3.28. The normalized spacial score (nSPS) is 13.4. The van der Waals surface area contributed by atoms with E-state index < -0.39 is 0 Å². The maximum atomic E-state index is 13.1. The molecule has 1 aliphatic carbocycles. The van der Waals surface area contributed by atoms with Crippen molar-refractivity contribution in [2.24, 2.45) is 0 Å². The Kier molecular flexibility index (Phi) is 5.58. The van der Waals surface area contributed by atoms with E-state index in [2.05, 4.69) is 4.74 Å². The number of thiophene rings is 1. The Morgan fingerprint density at radius 3 is 2.68 bits per heavy atom. The predicted octanol–water partition coefficient (Wildman–Crippen LogP) is 3.44. The molecule has 0 aromatic carbocycles. The summed E-state index contributed by atoms with van der Waals surface area (Å²) < 4.78 is 6.70. The van der Waals surface area contributed by atoms with E-state index >= 15 is 0 Å². The lowest BCUT2D eigenvalue weighted by Crippen LogP contribution is -2.29. The highest BCUT2D eigenvalue weighted by Gasteiger charge is 2.27. The summed E-state index contributed by atoms with van der Waals surface area (Å²) in [5.74, 6) is -0.185. The Bertz CT molecular complexity index is 749. The van der Waals surface area contributed by atoms with Gasteiger partial charge in [0.1, 0.15) is 5.00 Å². The van der Waals surface area contributed by atoms with Crippen molar-refractivity contribution in [2.75, 3.05) is 20.7 Å². The van der Waals surface area contributed by atoms with Crippen LogP contribution in [-0.4, -0.2) is 42.0 Å². The minimum Gasteiger partial charge on any atom is -0.469 e. The lowest BCUT2D eigenvalue weighted by Gasteiger charge is -2.20. The number of hydrogen-bond acceptors (Lipinski definition) is 4. The van der Waals surface area contributed by atoms with E-state index in [1.165, 1.54) is 24.0 Å². The SMILES string of the molecule is COC(=O)CCCN(C)C(=O)c1c(-n2cccc2)sc2c1CCCC2. The molecule has 0 N–H and O–H groups in total. The Labute approximate surface area is 152 Å². The number of aryl methyl sites for hydroxylation is 1. The summed E-state index contributed by atoms with van der Waals surface area (Å²) in [6.07, 6.45) is 9.30. The summed E-state index contributed by atoms with van der Waals surface area (Å²) in [6, 6.07) is 3.96. The number of aromatic nitrogens is 1. The Balaban J connectivity index is 1.83. The lowest BCUT2D eigenvalue weighted by molar-refractivity contribution is -0.140. The van der Waals surface area contributed by atoms with Crippen molar-refractivity contribution in [3.63, 3.8) is 0 Å². The molecule has 5 nitrogen and oxygen atoms in total. The topological polar surface area (TPSA) is 51.5 Å². The average molecular weight is 360 g/mol. The molecule has 2 heterocycles. The first-order chi connectivity index (χ1) is 12.1. The third kappa shape index (κ3) is 3.79. The minimum atomic E-state index is -0.234. The van der Waals surface area contributed by atoms with E-state index in [0.29, 0.717) is 19.4 Å². The van der Waals surface area contributed by atoms with E-state index in [1.807, 2.05) is 36.1 Å². The molecule has 0 fully saturated rings. The first kappa shape index (κ1) is 17.7. The molecule has 0 bridgehead atoms. The van der Waals surface area contributed by atoms with Crippen molar-refractivity contribution < 1.29 is 14.3 Å². The Hall–Kier alpha value is -2.08. The van der Waals surface area contributed by atoms with Crippen LogP contribution in [0, 0.1) is 0 Å². The van der Waals surface area contributed by atoms with Crippen molar-refractivity contribution in [3.05, 3.63) is 40.5 Å². The van der Waals surface area contributed by atoms with Crippen LogP contribution in [0.15, 0.2) is 24.5 Å². The van der Waals surface area contributed by atoms with E-state index in [1.54, 1.807) is 16.2 Å². The molecular formula is C19H24N2O3S. The lowest BCUT2D eigenvalue weighted by atomic mass is 9.95. The van der Waals surface area contributed by atoms with Gasteiger partial charge in [0, 0.05) is 37.3 Å². The van der Waals surface area contributed by atoms with Crippen LogP contribution in [0.25, 0.3) is 5.00 Å². The highest BCUT2D eigenvalue weighted by atomic mass is 32.1. The van der Waals surface area contributed by atoms with Gasteiger partial charge in [-0.15, -0.1) is 11.3 Å². The molecule has 3 rings (SSSR count). The number of amides is 1. The van der Waals surface area contributed by atoms with E-state index in [9.17, 15) is 9.59 Å². The second-order valence-electron chi connectivity index (χ2n) is 6.39. The molecule has 134 valence electrons. The van der Waals surface area contributed by atoms with Crippen LogP contribution in [-0.2, 0) is 22.4 Å². The molecule has 2 aromatic heterocycles. The number of fused-ring (bicyclic) bond motifs is 1. The van der Waals surface area contributed by atoms with Crippen LogP contribution in [0.3, 0.4) is 0 Å². The standard InChI is InChI=1S/C19H24N2O3S/c1-20(11-7-10-16(22)24-2)18(23)17-14-8-3-4-9-15(14)25-19(17)21-12-5-6-13-21/h5-6,12-13H,3-4,7-11H2,1-2H3. The van der Waals surface area contributed by atoms with Gasteiger partial charge in [0.15, 0.2) is 0 Å².